The molecule has 0 aromatic carbocycles. The van der Waals surface area contributed by atoms with Crippen LogP contribution in [0.3, 0.4) is 0 Å². The van der Waals surface area contributed by atoms with Gasteiger partial charge in [-0.3, -0.25) is 0 Å². The number of nitrogens with one attached hydrogen (secondary N) is 1. The lowest BCUT2D eigenvalue weighted by Crippen LogP contribution is -2.43. The zero-order valence-corrected chi connectivity index (χ0v) is 9.21. The van der Waals surface area contributed by atoms with E-state index in [-0.39, 0.29) is 11.5 Å². The zero-order valence-electron chi connectivity index (χ0n) is 9.21. The molecule has 3 nitrogen and oxygen atoms in total. The molecular formula is C11H20N2O. The molecule has 0 saturated heterocycles. The molecule has 0 bridgehead atoms. The first-order chi connectivity index (χ1) is 6.50. The van der Waals surface area contributed by atoms with Gasteiger partial charge in [0.15, 0.2) is 0 Å². The first kappa shape index (κ1) is 11.3. The normalized spacial score (nSPS) is 14.3. The van der Waals surface area contributed by atoms with Gasteiger partial charge in [0.05, 0.1) is 12.8 Å². The molecule has 1 aromatic heterocycles. The number of nitrogens with two attached hydrogens (primary N) is 1. The fourth-order valence-electron chi connectivity index (χ4n) is 1.07. The Bertz CT molecular complexity index is 249. The fraction of sp³-hybridized carbons (Fsp3) is 0.636. The summed E-state index contributed by atoms with van der Waals surface area (Å²) in [7, 11) is 0. The summed E-state index contributed by atoms with van der Waals surface area (Å²) in [6, 6.07) is 4.01. The van der Waals surface area contributed by atoms with E-state index in [1.807, 2.05) is 12.1 Å². The lowest BCUT2D eigenvalue weighted by Gasteiger charge is -2.27. The van der Waals surface area contributed by atoms with Crippen LogP contribution in [0.15, 0.2) is 22.8 Å². The molecule has 0 amide bonds. The summed E-state index contributed by atoms with van der Waals surface area (Å²) in [5, 5.41) is 3.28. The maximum atomic E-state index is 6.00. The van der Waals surface area contributed by atoms with E-state index >= 15 is 0 Å². The molecule has 1 heterocycles. The SMILES string of the molecule is CC(C)(C)C(N)CNCc1ccco1. The van der Waals surface area contributed by atoms with Crippen molar-refractivity contribution in [2.45, 2.75) is 33.4 Å². The topological polar surface area (TPSA) is 51.2 Å². The Morgan fingerprint density at radius 3 is 2.71 bits per heavy atom. The van der Waals surface area contributed by atoms with Crippen molar-refractivity contribution in [2.24, 2.45) is 11.1 Å². The van der Waals surface area contributed by atoms with Crippen LogP contribution in [0.25, 0.3) is 0 Å². The molecule has 0 saturated carbocycles. The van der Waals surface area contributed by atoms with E-state index in [1.165, 1.54) is 0 Å². The van der Waals surface area contributed by atoms with Crippen LogP contribution in [-0.2, 0) is 6.54 Å². The van der Waals surface area contributed by atoms with Crippen molar-refractivity contribution in [2.75, 3.05) is 6.54 Å². The second-order valence-corrected chi connectivity index (χ2v) is 4.68. The molecule has 1 atom stereocenters. The number of hydrogen-bond donors (Lipinski definition) is 2. The first-order valence-corrected chi connectivity index (χ1v) is 4.99. The van der Waals surface area contributed by atoms with E-state index in [2.05, 4.69) is 26.1 Å². The standard InChI is InChI=1S/C11H20N2O/c1-11(2,3)10(12)8-13-7-9-5-4-6-14-9/h4-6,10,13H,7-8,12H2,1-3H3. The van der Waals surface area contributed by atoms with Crippen molar-refractivity contribution in [1.29, 1.82) is 0 Å². The second-order valence-electron chi connectivity index (χ2n) is 4.68. The van der Waals surface area contributed by atoms with E-state index in [0.29, 0.717) is 0 Å². The maximum absolute atomic E-state index is 6.00. The van der Waals surface area contributed by atoms with E-state index in [0.717, 1.165) is 18.8 Å². The Morgan fingerprint density at radius 1 is 1.50 bits per heavy atom. The summed E-state index contributed by atoms with van der Waals surface area (Å²) in [4.78, 5) is 0. The molecule has 3 heteroatoms. The molecule has 0 aliphatic carbocycles. The van der Waals surface area contributed by atoms with Crippen LogP contribution in [0.4, 0.5) is 0 Å². The number of furan rings is 1. The van der Waals surface area contributed by atoms with Crippen LogP contribution in [0, 0.1) is 5.41 Å². The lowest BCUT2D eigenvalue weighted by molar-refractivity contribution is 0.306. The highest BCUT2D eigenvalue weighted by Gasteiger charge is 2.19. The zero-order chi connectivity index (χ0) is 10.6. The average Bonchev–Trinajstić information content (AvgIpc) is 2.55. The summed E-state index contributed by atoms with van der Waals surface area (Å²) in [6.07, 6.45) is 1.68. The van der Waals surface area contributed by atoms with Gasteiger partial charge in [-0.15, -0.1) is 0 Å². The highest BCUT2D eigenvalue weighted by Crippen LogP contribution is 2.16. The predicted molar refractivity (Wildman–Crippen MR) is 57.8 cm³/mol. The van der Waals surface area contributed by atoms with Crippen LogP contribution >= 0.6 is 0 Å². The molecule has 0 aliphatic heterocycles. The average molecular weight is 196 g/mol. The fourth-order valence-corrected chi connectivity index (χ4v) is 1.07. The molecule has 80 valence electrons. The summed E-state index contributed by atoms with van der Waals surface area (Å²) in [5.41, 5.74) is 6.15. The monoisotopic (exact) mass is 196 g/mol. The predicted octanol–water partition coefficient (Wildman–Crippen LogP) is 1.74. The van der Waals surface area contributed by atoms with E-state index in [9.17, 15) is 0 Å². The van der Waals surface area contributed by atoms with Gasteiger partial charge in [0.25, 0.3) is 0 Å². The van der Waals surface area contributed by atoms with Crippen LogP contribution in [-0.4, -0.2) is 12.6 Å². The molecule has 1 unspecified atom stereocenters. The highest BCUT2D eigenvalue weighted by molar-refractivity contribution is 4.97. The van der Waals surface area contributed by atoms with Crippen molar-refractivity contribution < 1.29 is 4.42 Å². The minimum Gasteiger partial charge on any atom is -0.468 e. The van der Waals surface area contributed by atoms with Crippen LogP contribution < -0.4 is 11.1 Å². The molecule has 0 aliphatic rings. The largest absolute Gasteiger partial charge is 0.468 e. The Kier molecular flexibility index (Phi) is 3.72. The lowest BCUT2D eigenvalue weighted by atomic mass is 9.87. The van der Waals surface area contributed by atoms with Crippen molar-refractivity contribution in [1.82, 2.24) is 5.32 Å². The Balaban J connectivity index is 2.22. The first-order valence-electron chi connectivity index (χ1n) is 4.99. The van der Waals surface area contributed by atoms with Crippen LogP contribution in [0.5, 0.6) is 0 Å². The Labute approximate surface area is 85.7 Å². The third-order valence-electron chi connectivity index (χ3n) is 2.36. The smallest absolute Gasteiger partial charge is 0.117 e. The van der Waals surface area contributed by atoms with Crippen molar-refractivity contribution >= 4 is 0 Å². The summed E-state index contributed by atoms with van der Waals surface area (Å²) in [5.74, 6) is 0.950. The van der Waals surface area contributed by atoms with Gasteiger partial charge in [0.2, 0.25) is 0 Å². The van der Waals surface area contributed by atoms with Crippen LogP contribution in [0.2, 0.25) is 0 Å². The van der Waals surface area contributed by atoms with Crippen molar-refractivity contribution in [3.63, 3.8) is 0 Å². The summed E-state index contributed by atoms with van der Waals surface area (Å²) < 4.78 is 5.20. The van der Waals surface area contributed by atoms with Crippen LogP contribution in [0.1, 0.15) is 26.5 Å². The van der Waals surface area contributed by atoms with Gasteiger partial charge in [-0.2, -0.15) is 0 Å². The van der Waals surface area contributed by atoms with Crippen molar-refractivity contribution in [3.05, 3.63) is 24.2 Å². The van der Waals surface area contributed by atoms with Crippen molar-refractivity contribution in [3.8, 4) is 0 Å². The summed E-state index contributed by atoms with van der Waals surface area (Å²) in [6.45, 7) is 7.99. The van der Waals surface area contributed by atoms with Gasteiger partial charge >= 0.3 is 0 Å². The third kappa shape index (κ3) is 3.52. The van der Waals surface area contributed by atoms with Gasteiger partial charge in [-0.1, -0.05) is 20.8 Å². The molecule has 0 spiro atoms. The van der Waals surface area contributed by atoms with E-state index < -0.39 is 0 Å². The molecule has 1 aromatic rings. The number of hydrogen-bond acceptors (Lipinski definition) is 3. The third-order valence-corrected chi connectivity index (χ3v) is 2.36. The molecule has 3 N–H and O–H groups in total. The second kappa shape index (κ2) is 4.62. The van der Waals surface area contributed by atoms with E-state index in [4.69, 9.17) is 10.2 Å². The highest BCUT2D eigenvalue weighted by atomic mass is 16.3. The molecule has 1 rings (SSSR count). The Hall–Kier alpha value is -0.800. The van der Waals surface area contributed by atoms with Gasteiger partial charge in [0.1, 0.15) is 5.76 Å². The molecule has 14 heavy (non-hydrogen) atoms. The van der Waals surface area contributed by atoms with E-state index in [1.54, 1.807) is 6.26 Å². The molecule has 0 fully saturated rings. The minimum atomic E-state index is 0.149. The summed E-state index contributed by atoms with van der Waals surface area (Å²) >= 11 is 0. The Morgan fingerprint density at radius 2 is 2.21 bits per heavy atom. The van der Waals surface area contributed by atoms with Gasteiger partial charge < -0.3 is 15.5 Å². The van der Waals surface area contributed by atoms with Gasteiger partial charge in [0, 0.05) is 12.6 Å². The van der Waals surface area contributed by atoms with Gasteiger partial charge in [-0.05, 0) is 17.5 Å². The molecular weight excluding hydrogens is 176 g/mol. The molecule has 0 radical (unpaired) electrons. The van der Waals surface area contributed by atoms with Gasteiger partial charge in [-0.25, -0.2) is 0 Å². The minimum absolute atomic E-state index is 0.149. The number of rotatable bonds is 4. The maximum Gasteiger partial charge on any atom is 0.117 e. The quantitative estimate of drug-likeness (QED) is 0.771.